The molecule has 0 fully saturated rings. The van der Waals surface area contributed by atoms with Crippen molar-refractivity contribution in [3.05, 3.63) is 46.9 Å². The zero-order valence-corrected chi connectivity index (χ0v) is 11.4. The maximum Gasteiger partial charge on any atom is 0.0253 e. The average molecular weight is 367 g/mol. The van der Waals surface area contributed by atoms with Crippen LogP contribution in [0.5, 0.6) is 0 Å². The molecule has 0 aliphatic heterocycles. The maximum atomic E-state index is 3.50. The first-order valence-electron chi connectivity index (χ1n) is 3.65. The summed E-state index contributed by atoms with van der Waals surface area (Å²) in [7, 11) is 0. The Balaban J connectivity index is 0.000000396. The molecule has 0 spiro atoms. The molecule has 2 aromatic carbocycles. The third-order valence-electron chi connectivity index (χ3n) is 1.74. The molecule has 2 aromatic rings. The Labute approximate surface area is 101 Å². The quantitative estimate of drug-likeness (QED) is 0.594. The molecule has 0 nitrogen and oxygen atoms in total. The van der Waals surface area contributed by atoms with Crippen LogP contribution in [0, 0.1) is 0 Å². The lowest BCUT2D eigenvalue weighted by Crippen LogP contribution is -1.71. The van der Waals surface area contributed by atoms with Crippen molar-refractivity contribution in [3.63, 3.8) is 0 Å². The second kappa shape index (κ2) is 5.78. The summed E-state index contributed by atoms with van der Waals surface area (Å²) in [5, 5.41) is 2.55. The second-order valence-corrected chi connectivity index (χ2v) is 3.32. The fourth-order valence-electron chi connectivity index (χ4n) is 1.19. The zero-order chi connectivity index (χ0) is 9.68. The fourth-order valence-corrected chi connectivity index (χ4v) is 1.70. The molecule has 0 amide bonds. The highest BCUT2D eigenvalue weighted by Gasteiger charge is 1.93. The standard InChI is InChI=1S/C10H7Br.Br2/c11-10-7-3-5-8-4-1-2-6-9(8)10;1-2/h1-7H;. The van der Waals surface area contributed by atoms with Gasteiger partial charge in [-0.25, -0.2) is 0 Å². The molecule has 0 heterocycles. The Morgan fingerprint density at radius 2 is 1.38 bits per heavy atom. The highest BCUT2D eigenvalue weighted by Crippen LogP contribution is 2.22. The lowest BCUT2D eigenvalue weighted by atomic mass is 10.1. The zero-order valence-electron chi connectivity index (χ0n) is 6.68. The Kier molecular flexibility index (Phi) is 4.99. The van der Waals surface area contributed by atoms with E-state index in [4.69, 9.17) is 0 Å². The molecule has 0 aliphatic rings. The number of halogens is 3. The molecule has 0 atom stereocenters. The Morgan fingerprint density at radius 1 is 0.769 bits per heavy atom. The molecule has 3 heteroatoms. The van der Waals surface area contributed by atoms with Crippen LogP contribution in [-0.2, 0) is 0 Å². The van der Waals surface area contributed by atoms with E-state index in [9.17, 15) is 0 Å². The summed E-state index contributed by atoms with van der Waals surface area (Å²) < 4.78 is 1.16. The Bertz CT molecular complexity index is 379. The molecule has 0 bridgehead atoms. The van der Waals surface area contributed by atoms with Gasteiger partial charge in [0.05, 0.1) is 0 Å². The topological polar surface area (TPSA) is 0 Å². The Morgan fingerprint density at radius 3 is 2.08 bits per heavy atom. The summed E-state index contributed by atoms with van der Waals surface area (Å²) in [6.07, 6.45) is 0. The summed E-state index contributed by atoms with van der Waals surface area (Å²) in [6, 6.07) is 14.5. The van der Waals surface area contributed by atoms with Gasteiger partial charge >= 0.3 is 0 Å². The van der Waals surface area contributed by atoms with Crippen LogP contribution in [0.1, 0.15) is 0 Å². The van der Waals surface area contributed by atoms with E-state index in [1.165, 1.54) is 10.8 Å². The van der Waals surface area contributed by atoms with Crippen molar-refractivity contribution in [3.8, 4) is 0 Å². The number of hydrogen-bond donors (Lipinski definition) is 0. The molecule has 0 unspecified atom stereocenters. The van der Waals surface area contributed by atoms with E-state index in [1.54, 1.807) is 0 Å². The van der Waals surface area contributed by atoms with Gasteiger partial charge in [-0.3, -0.25) is 0 Å². The summed E-state index contributed by atoms with van der Waals surface area (Å²) in [5.74, 6) is 0. The van der Waals surface area contributed by atoms with Gasteiger partial charge in [0.2, 0.25) is 0 Å². The van der Waals surface area contributed by atoms with Gasteiger partial charge in [-0.15, -0.1) is 0 Å². The largest absolute Gasteiger partial charge is 0.0616 e. The molecule has 0 N–H and O–H groups in total. The first-order chi connectivity index (χ1) is 6.38. The van der Waals surface area contributed by atoms with Crippen LogP contribution >= 0.6 is 44.2 Å². The van der Waals surface area contributed by atoms with Crippen molar-refractivity contribution in [2.24, 2.45) is 0 Å². The molecule has 0 aromatic heterocycles. The normalized spacial score (nSPS) is 9.15. The van der Waals surface area contributed by atoms with Gasteiger partial charge in [0.15, 0.2) is 0 Å². The van der Waals surface area contributed by atoms with E-state index in [1.807, 2.05) is 12.1 Å². The summed E-state index contributed by atoms with van der Waals surface area (Å²) in [5.41, 5.74) is 0. The minimum atomic E-state index is 1.16. The second-order valence-electron chi connectivity index (χ2n) is 2.46. The van der Waals surface area contributed by atoms with E-state index in [0.717, 1.165) is 4.47 Å². The van der Waals surface area contributed by atoms with Crippen molar-refractivity contribution in [2.45, 2.75) is 0 Å². The minimum absolute atomic E-state index is 1.16. The SMILES string of the molecule is BrBr.Brc1cccc2ccccc12. The average Bonchev–Trinajstić information content (AvgIpc) is 2.22. The third-order valence-corrected chi connectivity index (χ3v) is 2.43. The number of benzene rings is 2. The molecule has 0 radical (unpaired) electrons. The monoisotopic (exact) mass is 364 g/mol. The highest BCUT2D eigenvalue weighted by molar-refractivity contribution is 9.93. The fraction of sp³-hybridized carbons (Fsp3) is 0. The van der Waals surface area contributed by atoms with E-state index in [2.05, 4.69) is 74.5 Å². The van der Waals surface area contributed by atoms with Gasteiger partial charge in [0, 0.05) is 32.7 Å². The summed E-state index contributed by atoms with van der Waals surface area (Å²) in [6.45, 7) is 0. The van der Waals surface area contributed by atoms with Crippen LogP contribution in [0.25, 0.3) is 10.8 Å². The Hall–Kier alpha value is 0.140. The maximum absolute atomic E-state index is 3.50. The van der Waals surface area contributed by atoms with Crippen LogP contribution in [0.4, 0.5) is 0 Å². The van der Waals surface area contributed by atoms with Crippen molar-refractivity contribution in [1.82, 2.24) is 0 Å². The van der Waals surface area contributed by atoms with Gasteiger partial charge in [-0.05, 0) is 16.8 Å². The minimum Gasteiger partial charge on any atom is -0.0616 e. The molecule has 68 valence electrons. The van der Waals surface area contributed by atoms with Gasteiger partial charge in [0.25, 0.3) is 0 Å². The van der Waals surface area contributed by atoms with Crippen molar-refractivity contribution < 1.29 is 0 Å². The number of fused-ring (bicyclic) bond motifs is 1. The molecule has 2 rings (SSSR count). The van der Waals surface area contributed by atoms with E-state index >= 15 is 0 Å². The molecule has 0 aliphatic carbocycles. The molecule has 0 saturated carbocycles. The molecular weight excluding hydrogens is 360 g/mol. The van der Waals surface area contributed by atoms with Crippen molar-refractivity contribution >= 4 is 55.0 Å². The van der Waals surface area contributed by atoms with Crippen molar-refractivity contribution in [1.29, 1.82) is 0 Å². The third kappa shape index (κ3) is 2.79. The van der Waals surface area contributed by atoms with Gasteiger partial charge in [-0.2, -0.15) is 0 Å². The highest BCUT2D eigenvalue weighted by atomic mass is 80.9. The number of rotatable bonds is 0. The lowest BCUT2D eigenvalue weighted by Gasteiger charge is -1.97. The van der Waals surface area contributed by atoms with Gasteiger partial charge in [0.1, 0.15) is 0 Å². The molecular formula is C10H7Br3. The van der Waals surface area contributed by atoms with Crippen LogP contribution in [0.2, 0.25) is 0 Å². The van der Waals surface area contributed by atoms with Crippen molar-refractivity contribution in [2.75, 3.05) is 0 Å². The lowest BCUT2D eigenvalue weighted by molar-refractivity contribution is 1.71. The van der Waals surface area contributed by atoms with E-state index in [0.29, 0.717) is 0 Å². The van der Waals surface area contributed by atoms with Gasteiger partial charge < -0.3 is 0 Å². The summed E-state index contributed by atoms with van der Waals surface area (Å²) in [4.78, 5) is 0. The van der Waals surface area contributed by atoms with Crippen LogP contribution in [0.15, 0.2) is 46.9 Å². The predicted molar refractivity (Wildman–Crippen MR) is 69.5 cm³/mol. The molecule has 0 saturated heterocycles. The van der Waals surface area contributed by atoms with Crippen LogP contribution in [0.3, 0.4) is 0 Å². The van der Waals surface area contributed by atoms with E-state index < -0.39 is 0 Å². The first-order valence-corrected chi connectivity index (χ1v) is 8.16. The summed E-state index contributed by atoms with van der Waals surface area (Å²) >= 11 is 9.00. The molecule has 13 heavy (non-hydrogen) atoms. The van der Waals surface area contributed by atoms with E-state index in [-0.39, 0.29) is 0 Å². The smallest absolute Gasteiger partial charge is 0.0253 e. The van der Waals surface area contributed by atoms with Crippen LogP contribution < -0.4 is 0 Å². The van der Waals surface area contributed by atoms with Gasteiger partial charge in [-0.1, -0.05) is 52.3 Å². The predicted octanol–water partition coefficient (Wildman–Crippen LogP) is 5.29. The van der Waals surface area contributed by atoms with Crippen LogP contribution in [-0.4, -0.2) is 0 Å². The number of hydrogen-bond acceptors (Lipinski definition) is 0. The first kappa shape index (κ1) is 11.2.